The van der Waals surface area contributed by atoms with Crippen LogP contribution in [0.4, 0.5) is 10.6 Å². The van der Waals surface area contributed by atoms with E-state index in [1.807, 2.05) is 39.3 Å². The molecule has 5 heteroatoms. The van der Waals surface area contributed by atoms with E-state index in [2.05, 4.69) is 5.10 Å². The summed E-state index contributed by atoms with van der Waals surface area (Å²) in [5, 5.41) is 4.39. The third kappa shape index (κ3) is 2.14. The number of rotatable bonds is 0. The molecule has 0 N–H and O–H groups in total. The van der Waals surface area contributed by atoms with Gasteiger partial charge in [0.25, 0.3) is 0 Å². The lowest BCUT2D eigenvalue weighted by molar-refractivity contribution is 0.0584. The molecule has 0 saturated heterocycles. The maximum atomic E-state index is 12.0. The van der Waals surface area contributed by atoms with Crippen molar-refractivity contribution in [3.05, 3.63) is 11.3 Å². The topological polar surface area (TPSA) is 47.4 Å². The van der Waals surface area contributed by atoms with Crippen LogP contribution < -0.4 is 4.90 Å². The number of hydrogen-bond acceptors (Lipinski definition) is 3. The third-order valence-corrected chi connectivity index (χ3v) is 2.80. The largest absolute Gasteiger partial charge is 0.443 e. The Hall–Kier alpha value is -1.52. The summed E-state index contributed by atoms with van der Waals surface area (Å²) in [7, 11) is 0. The van der Waals surface area contributed by atoms with E-state index in [0.29, 0.717) is 6.54 Å². The van der Waals surface area contributed by atoms with Gasteiger partial charge in [0.15, 0.2) is 0 Å². The number of amides is 1. The molecule has 0 fully saturated rings. The van der Waals surface area contributed by atoms with Gasteiger partial charge in [-0.1, -0.05) is 0 Å². The van der Waals surface area contributed by atoms with Gasteiger partial charge in [-0.2, -0.15) is 5.10 Å². The highest BCUT2D eigenvalue weighted by Gasteiger charge is 2.32. The first-order valence-electron chi connectivity index (χ1n) is 5.84. The van der Waals surface area contributed by atoms with Crippen LogP contribution in [0.3, 0.4) is 0 Å². The molecular formula is C12H19N3O2. The summed E-state index contributed by atoms with van der Waals surface area (Å²) in [5.41, 5.74) is 1.55. The van der Waals surface area contributed by atoms with Crippen LogP contribution in [0.15, 0.2) is 0 Å². The van der Waals surface area contributed by atoms with Crippen molar-refractivity contribution in [3.8, 4) is 0 Å². The molecule has 0 radical (unpaired) electrons. The minimum atomic E-state index is -0.465. The van der Waals surface area contributed by atoms with Crippen LogP contribution >= 0.6 is 0 Å². The van der Waals surface area contributed by atoms with Crippen molar-refractivity contribution < 1.29 is 9.53 Å². The summed E-state index contributed by atoms with van der Waals surface area (Å²) in [5.74, 6) is 0.872. The molecule has 1 amide bonds. The van der Waals surface area contributed by atoms with Crippen molar-refractivity contribution in [2.24, 2.45) is 0 Å². The van der Waals surface area contributed by atoms with E-state index < -0.39 is 5.60 Å². The molecule has 1 aromatic heterocycles. The number of aromatic nitrogens is 2. The second kappa shape index (κ2) is 3.75. The fourth-order valence-electron chi connectivity index (χ4n) is 1.95. The number of anilines is 1. The lowest BCUT2D eigenvalue weighted by atomic mass is 10.2. The molecule has 0 unspecified atom stereocenters. The molecule has 0 bridgehead atoms. The average Bonchev–Trinajstić information content (AvgIpc) is 2.67. The summed E-state index contributed by atoms with van der Waals surface area (Å²) in [6.07, 6.45) is -0.292. The molecule has 0 aromatic carbocycles. The highest BCUT2D eigenvalue weighted by Crippen LogP contribution is 2.28. The molecule has 94 valence electrons. The predicted molar refractivity (Wildman–Crippen MR) is 65.3 cm³/mol. The summed E-state index contributed by atoms with van der Waals surface area (Å²) in [4.78, 5) is 13.7. The first-order chi connectivity index (χ1) is 7.79. The normalized spacial score (nSPS) is 15.0. The fraction of sp³-hybridized carbons (Fsp3) is 0.667. The lowest BCUT2D eigenvalue weighted by Crippen LogP contribution is -2.36. The van der Waals surface area contributed by atoms with E-state index >= 15 is 0 Å². The minimum absolute atomic E-state index is 0.292. The van der Waals surface area contributed by atoms with Gasteiger partial charge in [0.2, 0.25) is 0 Å². The van der Waals surface area contributed by atoms with Crippen LogP contribution in [-0.4, -0.2) is 28.0 Å². The van der Waals surface area contributed by atoms with Crippen LogP contribution in [0.1, 0.15) is 32.0 Å². The van der Waals surface area contributed by atoms with Crippen LogP contribution in [0.5, 0.6) is 0 Å². The van der Waals surface area contributed by atoms with Crippen molar-refractivity contribution in [3.63, 3.8) is 0 Å². The Kier molecular flexibility index (Phi) is 2.64. The maximum absolute atomic E-state index is 12.0. The second-order valence-corrected chi connectivity index (χ2v) is 5.39. The zero-order valence-corrected chi connectivity index (χ0v) is 11.1. The first kappa shape index (κ1) is 12.0. The number of nitrogens with zero attached hydrogens (tertiary/aromatic N) is 3. The first-order valence-corrected chi connectivity index (χ1v) is 5.84. The molecule has 17 heavy (non-hydrogen) atoms. The standard InChI is InChI=1S/C12H19N3O2/c1-8-9(2)13-15-7-6-14(10(8)15)11(16)17-12(3,4)5/h6-7H2,1-5H3. The predicted octanol–water partition coefficient (Wildman–Crippen LogP) is 2.26. The Balaban J connectivity index is 2.25. The molecule has 0 spiro atoms. The number of carbonyl (C=O) groups is 1. The molecule has 0 aliphatic carbocycles. The summed E-state index contributed by atoms with van der Waals surface area (Å²) < 4.78 is 7.26. The maximum Gasteiger partial charge on any atom is 0.416 e. The number of fused-ring (bicyclic) bond motifs is 1. The zero-order valence-electron chi connectivity index (χ0n) is 11.1. The Bertz CT molecular complexity index is 457. The van der Waals surface area contributed by atoms with Gasteiger partial charge in [-0.3, -0.25) is 4.90 Å². The molecule has 0 saturated carbocycles. The Labute approximate surface area is 101 Å². The average molecular weight is 237 g/mol. The smallest absolute Gasteiger partial charge is 0.416 e. The van der Waals surface area contributed by atoms with E-state index in [4.69, 9.17) is 4.74 Å². The monoisotopic (exact) mass is 237 g/mol. The number of carbonyl (C=O) groups excluding carboxylic acids is 1. The van der Waals surface area contributed by atoms with E-state index in [0.717, 1.165) is 23.6 Å². The number of aryl methyl sites for hydroxylation is 1. The molecule has 0 atom stereocenters. The van der Waals surface area contributed by atoms with E-state index in [9.17, 15) is 4.79 Å². The molecule has 2 heterocycles. The van der Waals surface area contributed by atoms with Crippen LogP contribution in [0.25, 0.3) is 0 Å². The van der Waals surface area contributed by atoms with Crippen molar-refractivity contribution >= 4 is 11.9 Å². The van der Waals surface area contributed by atoms with Crippen molar-refractivity contribution in [2.45, 2.75) is 46.8 Å². The molecule has 1 aliphatic rings. The van der Waals surface area contributed by atoms with Gasteiger partial charge in [-0.05, 0) is 34.6 Å². The van der Waals surface area contributed by atoms with E-state index in [1.165, 1.54) is 0 Å². The van der Waals surface area contributed by atoms with Gasteiger partial charge < -0.3 is 4.74 Å². The van der Waals surface area contributed by atoms with Crippen LogP contribution in [0.2, 0.25) is 0 Å². The van der Waals surface area contributed by atoms with Crippen molar-refractivity contribution in [2.75, 3.05) is 11.4 Å². The van der Waals surface area contributed by atoms with Crippen LogP contribution in [-0.2, 0) is 11.3 Å². The van der Waals surface area contributed by atoms with Gasteiger partial charge in [0, 0.05) is 5.56 Å². The van der Waals surface area contributed by atoms with Gasteiger partial charge >= 0.3 is 6.09 Å². The van der Waals surface area contributed by atoms with Crippen molar-refractivity contribution in [1.82, 2.24) is 9.78 Å². The fourth-order valence-corrected chi connectivity index (χ4v) is 1.95. The Morgan fingerprint density at radius 1 is 1.29 bits per heavy atom. The second-order valence-electron chi connectivity index (χ2n) is 5.39. The van der Waals surface area contributed by atoms with Gasteiger partial charge in [0.05, 0.1) is 18.8 Å². The minimum Gasteiger partial charge on any atom is -0.443 e. The molecule has 1 aromatic rings. The summed E-state index contributed by atoms with van der Waals surface area (Å²) in [6, 6.07) is 0. The summed E-state index contributed by atoms with van der Waals surface area (Å²) >= 11 is 0. The molecular weight excluding hydrogens is 218 g/mol. The Morgan fingerprint density at radius 2 is 1.94 bits per heavy atom. The number of ether oxygens (including phenoxy) is 1. The molecule has 5 nitrogen and oxygen atoms in total. The Morgan fingerprint density at radius 3 is 2.53 bits per heavy atom. The van der Waals surface area contributed by atoms with Gasteiger partial charge in [-0.25, -0.2) is 9.48 Å². The van der Waals surface area contributed by atoms with E-state index in [1.54, 1.807) is 4.90 Å². The van der Waals surface area contributed by atoms with Gasteiger partial charge in [0.1, 0.15) is 11.4 Å². The zero-order chi connectivity index (χ0) is 12.8. The quantitative estimate of drug-likeness (QED) is 0.695. The van der Waals surface area contributed by atoms with Gasteiger partial charge in [-0.15, -0.1) is 0 Å². The lowest BCUT2D eigenvalue weighted by Gasteiger charge is -2.24. The van der Waals surface area contributed by atoms with Crippen molar-refractivity contribution in [1.29, 1.82) is 0 Å². The SMILES string of the molecule is Cc1nn2c(c1C)N(C(=O)OC(C)(C)C)CC2. The summed E-state index contributed by atoms with van der Waals surface area (Å²) in [6.45, 7) is 10.9. The highest BCUT2D eigenvalue weighted by molar-refractivity contribution is 5.88. The molecule has 2 rings (SSSR count). The highest BCUT2D eigenvalue weighted by atomic mass is 16.6. The third-order valence-electron chi connectivity index (χ3n) is 2.80. The van der Waals surface area contributed by atoms with Crippen LogP contribution in [0, 0.1) is 13.8 Å². The number of hydrogen-bond donors (Lipinski definition) is 0. The van der Waals surface area contributed by atoms with E-state index in [-0.39, 0.29) is 6.09 Å². The molecule has 1 aliphatic heterocycles.